The van der Waals surface area contributed by atoms with Crippen LogP contribution < -0.4 is 4.90 Å². The van der Waals surface area contributed by atoms with Gasteiger partial charge in [0.1, 0.15) is 0 Å². The molecule has 0 atom stereocenters. The zero-order valence-corrected chi connectivity index (χ0v) is 17.8. The fourth-order valence-electron chi connectivity index (χ4n) is 3.28. The van der Waals surface area contributed by atoms with Crippen LogP contribution in [0.4, 0.5) is 5.95 Å². The van der Waals surface area contributed by atoms with Gasteiger partial charge in [0.05, 0.1) is 19.0 Å². The summed E-state index contributed by atoms with van der Waals surface area (Å²) >= 11 is 1.49. The first-order valence-electron chi connectivity index (χ1n) is 9.51. The Hall–Kier alpha value is -1.28. The molecule has 2 heterocycles. The fourth-order valence-corrected chi connectivity index (χ4v) is 4.10. The van der Waals surface area contributed by atoms with E-state index in [1.807, 2.05) is 4.90 Å². The van der Waals surface area contributed by atoms with Crippen molar-refractivity contribution in [2.45, 2.75) is 65.3 Å². The van der Waals surface area contributed by atoms with Crippen molar-refractivity contribution in [1.29, 1.82) is 0 Å². The number of aromatic nitrogens is 3. The van der Waals surface area contributed by atoms with Crippen molar-refractivity contribution in [2.75, 3.05) is 37.0 Å². The van der Waals surface area contributed by atoms with Gasteiger partial charge in [-0.1, -0.05) is 25.6 Å². The lowest BCUT2D eigenvalue weighted by Crippen LogP contribution is -2.43. The Kier molecular flexibility index (Phi) is 7.76. The van der Waals surface area contributed by atoms with Crippen molar-refractivity contribution in [2.24, 2.45) is 5.92 Å². The average molecular weight is 384 g/mol. The maximum Gasteiger partial charge on any atom is 0.233 e. The van der Waals surface area contributed by atoms with Gasteiger partial charge in [-0.15, -0.1) is 10.2 Å². The number of carbonyl (C=O) groups is 1. The van der Waals surface area contributed by atoms with E-state index < -0.39 is 0 Å². The van der Waals surface area contributed by atoms with Gasteiger partial charge in [0.15, 0.2) is 5.16 Å². The van der Waals surface area contributed by atoms with Crippen molar-refractivity contribution >= 4 is 23.6 Å². The summed E-state index contributed by atoms with van der Waals surface area (Å²) in [7, 11) is 0. The number of morpholine rings is 1. The molecule has 1 aromatic rings. The highest BCUT2D eigenvalue weighted by molar-refractivity contribution is 7.99. The topological polar surface area (TPSA) is 63.5 Å². The third-order valence-corrected chi connectivity index (χ3v) is 5.22. The molecule has 0 aliphatic carbocycles. The molecule has 0 N–H and O–H groups in total. The Bertz CT molecular complexity index is 574. The van der Waals surface area contributed by atoms with Gasteiger partial charge in [-0.05, 0) is 33.6 Å². The first-order chi connectivity index (χ1) is 12.3. The molecule has 2 rings (SSSR count). The number of anilines is 1. The van der Waals surface area contributed by atoms with Crippen molar-refractivity contribution in [3.63, 3.8) is 0 Å². The highest BCUT2D eigenvalue weighted by Gasteiger charge is 2.24. The number of hydrogen-bond donors (Lipinski definition) is 0. The quantitative estimate of drug-likeness (QED) is 0.643. The standard InChI is InChI=1S/C18H33N5O2S/c1-13(2)11-22-17(21-7-9-25-10-8-21)19-20-18(22)26-12-16(24)23(14(3)4)15(5)6/h13-15H,7-12H2,1-6H3. The zero-order chi connectivity index (χ0) is 19.3. The van der Waals surface area contributed by atoms with E-state index in [2.05, 4.69) is 61.2 Å². The molecule has 148 valence electrons. The molecule has 0 bridgehead atoms. The van der Waals surface area contributed by atoms with Crippen LogP contribution in [0.25, 0.3) is 0 Å². The summed E-state index contributed by atoms with van der Waals surface area (Å²) in [6.45, 7) is 16.5. The number of thioether (sulfide) groups is 1. The van der Waals surface area contributed by atoms with E-state index in [9.17, 15) is 4.79 Å². The second-order valence-electron chi connectivity index (χ2n) is 7.66. The minimum atomic E-state index is 0.145. The van der Waals surface area contributed by atoms with Crippen LogP contribution in [0.2, 0.25) is 0 Å². The van der Waals surface area contributed by atoms with Crippen LogP contribution in [0.15, 0.2) is 5.16 Å². The number of ether oxygens (including phenoxy) is 1. The number of amides is 1. The van der Waals surface area contributed by atoms with Crippen LogP contribution in [-0.4, -0.2) is 69.7 Å². The van der Waals surface area contributed by atoms with Gasteiger partial charge < -0.3 is 14.5 Å². The van der Waals surface area contributed by atoms with Gasteiger partial charge in [0, 0.05) is 31.7 Å². The van der Waals surface area contributed by atoms with Crippen molar-refractivity contribution in [3.05, 3.63) is 0 Å². The third kappa shape index (κ3) is 5.36. The van der Waals surface area contributed by atoms with Gasteiger partial charge in [-0.25, -0.2) is 0 Å². The first kappa shape index (κ1) is 21.0. The Labute approximate surface area is 161 Å². The highest BCUT2D eigenvalue weighted by Crippen LogP contribution is 2.25. The number of hydrogen-bond acceptors (Lipinski definition) is 6. The van der Waals surface area contributed by atoms with Gasteiger partial charge in [0.2, 0.25) is 11.9 Å². The highest BCUT2D eigenvalue weighted by atomic mass is 32.2. The Balaban J connectivity index is 2.12. The van der Waals surface area contributed by atoms with Crippen molar-refractivity contribution < 1.29 is 9.53 Å². The zero-order valence-electron chi connectivity index (χ0n) is 16.9. The maximum atomic E-state index is 12.7. The van der Waals surface area contributed by atoms with E-state index in [1.54, 1.807) is 0 Å². The van der Waals surface area contributed by atoms with Gasteiger partial charge in [0.25, 0.3) is 0 Å². The van der Waals surface area contributed by atoms with E-state index in [0.717, 1.165) is 30.7 Å². The molecule has 1 aliphatic rings. The van der Waals surface area contributed by atoms with Crippen molar-refractivity contribution in [3.8, 4) is 0 Å². The lowest BCUT2D eigenvalue weighted by Gasteiger charge is -2.30. The van der Waals surface area contributed by atoms with Gasteiger partial charge >= 0.3 is 0 Å². The molecule has 0 spiro atoms. The van der Waals surface area contributed by atoms with E-state index in [-0.39, 0.29) is 18.0 Å². The molecular weight excluding hydrogens is 350 g/mol. The van der Waals surface area contributed by atoms with Gasteiger partial charge in [-0.2, -0.15) is 0 Å². The molecule has 7 nitrogen and oxygen atoms in total. The van der Waals surface area contributed by atoms with E-state index in [4.69, 9.17) is 4.74 Å². The predicted molar refractivity (Wildman–Crippen MR) is 106 cm³/mol. The Morgan fingerprint density at radius 3 is 2.27 bits per heavy atom. The summed E-state index contributed by atoms with van der Waals surface area (Å²) in [6.07, 6.45) is 0. The molecule has 1 amide bonds. The summed E-state index contributed by atoms with van der Waals surface area (Å²) < 4.78 is 7.60. The van der Waals surface area contributed by atoms with Gasteiger partial charge in [-0.3, -0.25) is 9.36 Å². The normalized spacial score (nSPS) is 15.3. The summed E-state index contributed by atoms with van der Waals surface area (Å²) in [4.78, 5) is 16.8. The monoisotopic (exact) mass is 383 g/mol. The summed E-state index contributed by atoms with van der Waals surface area (Å²) in [5, 5.41) is 9.63. The molecule has 1 aromatic heterocycles. The van der Waals surface area contributed by atoms with Crippen LogP contribution in [0, 0.1) is 5.92 Å². The lowest BCUT2D eigenvalue weighted by atomic mass is 10.2. The second kappa shape index (κ2) is 9.60. The molecule has 1 aliphatic heterocycles. The minimum Gasteiger partial charge on any atom is -0.378 e. The smallest absolute Gasteiger partial charge is 0.233 e. The molecule has 26 heavy (non-hydrogen) atoms. The lowest BCUT2D eigenvalue weighted by molar-refractivity contribution is -0.131. The number of rotatable bonds is 8. The molecular formula is C18H33N5O2S. The van der Waals surface area contributed by atoms with Crippen LogP contribution in [0.5, 0.6) is 0 Å². The molecule has 0 unspecified atom stereocenters. The molecule has 0 aromatic carbocycles. The predicted octanol–water partition coefficient (Wildman–Crippen LogP) is 2.51. The summed E-state index contributed by atoms with van der Waals surface area (Å²) in [5.41, 5.74) is 0. The minimum absolute atomic E-state index is 0.145. The second-order valence-corrected chi connectivity index (χ2v) is 8.61. The van der Waals surface area contributed by atoms with E-state index in [1.165, 1.54) is 11.8 Å². The van der Waals surface area contributed by atoms with E-state index in [0.29, 0.717) is 24.9 Å². The van der Waals surface area contributed by atoms with Crippen molar-refractivity contribution in [1.82, 2.24) is 19.7 Å². The largest absolute Gasteiger partial charge is 0.378 e. The van der Waals surface area contributed by atoms with Crippen LogP contribution >= 0.6 is 11.8 Å². The van der Waals surface area contributed by atoms with Crippen LogP contribution in [-0.2, 0) is 16.1 Å². The first-order valence-corrected chi connectivity index (χ1v) is 10.5. The fraction of sp³-hybridized carbons (Fsp3) is 0.833. The maximum absolute atomic E-state index is 12.7. The molecule has 1 fully saturated rings. The summed E-state index contributed by atoms with van der Waals surface area (Å²) in [6, 6.07) is 0.390. The molecule has 0 saturated carbocycles. The third-order valence-electron chi connectivity index (χ3n) is 4.26. The van der Waals surface area contributed by atoms with E-state index >= 15 is 0 Å². The van der Waals surface area contributed by atoms with Crippen LogP contribution in [0.3, 0.4) is 0 Å². The number of nitrogens with zero attached hydrogens (tertiary/aromatic N) is 5. The molecule has 8 heteroatoms. The molecule has 1 saturated heterocycles. The average Bonchev–Trinajstić information content (AvgIpc) is 2.95. The van der Waals surface area contributed by atoms with Crippen LogP contribution in [0.1, 0.15) is 41.5 Å². The number of carbonyl (C=O) groups excluding carboxylic acids is 1. The Morgan fingerprint density at radius 2 is 1.73 bits per heavy atom. The Morgan fingerprint density at radius 1 is 1.12 bits per heavy atom. The SMILES string of the molecule is CC(C)Cn1c(SCC(=O)N(C(C)C)C(C)C)nnc1N1CCOCC1. The molecule has 0 radical (unpaired) electrons. The summed E-state index contributed by atoms with van der Waals surface area (Å²) in [5.74, 6) is 1.90.